The molecule has 0 radical (unpaired) electrons. The van der Waals surface area contributed by atoms with Crippen LogP contribution in [-0.2, 0) is 0 Å². The number of fused-ring (bicyclic) bond motifs is 1. The zero-order valence-corrected chi connectivity index (χ0v) is 17.8. The molecule has 0 aliphatic carbocycles. The van der Waals surface area contributed by atoms with Crippen molar-refractivity contribution in [3.05, 3.63) is 71.7 Å². The number of benzene rings is 2. The van der Waals surface area contributed by atoms with Crippen LogP contribution in [0.5, 0.6) is 0 Å². The van der Waals surface area contributed by atoms with Crippen molar-refractivity contribution in [1.29, 1.82) is 5.26 Å². The fourth-order valence-corrected chi connectivity index (χ4v) is 4.43. The second-order valence-corrected chi connectivity index (χ2v) is 8.21. The molecule has 3 heterocycles. The monoisotopic (exact) mass is 426 g/mol. The van der Waals surface area contributed by atoms with Gasteiger partial charge in [0.15, 0.2) is 5.65 Å². The first-order valence-corrected chi connectivity index (χ1v) is 10.7. The summed E-state index contributed by atoms with van der Waals surface area (Å²) >= 11 is 0. The van der Waals surface area contributed by atoms with Crippen molar-refractivity contribution in [2.24, 2.45) is 5.73 Å². The molecule has 6 nitrogen and oxygen atoms in total. The predicted molar refractivity (Wildman–Crippen MR) is 123 cm³/mol. The van der Waals surface area contributed by atoms with Crippen molar-refractivity contribution in [3.8, 4) is 23.1 Å². The normalized spacial score (nSPS) is 16.3. The molecule has 2 N–H and O–H groups in total. The Morgan fingerprint density at radius 1 is 1.16 bits per heavy atom. The van der Waals surface area contributed by atoms with Gasteiger partial charge in [-0.15, -0.1) is 0 Å². The summed E-state index contributed by atoms with van der Waals surface area (Å²) in [6.45, 7) is 3.69. The van der Waals surface area contributed by atoms with E-state index in [4.69, 9.17) is 16.0 Å². The highest BCUT2D eigenvalue weighted by atomic mass is 19.1. The van der Waals surface area contributed by atoms with E-state index in [2.05, 4.69) is 9.88 Å². The van der Waals surface area contributed by atoms with E-state index >= 15 is 0 Å². The van der Waals surface area contributed by atoms with Gasteiger partial charge in [0.2, 0.25) is 0 Å². The first-order valence-electron chi connectivity index (χ1n) is 10.7. The Bertz CT molecular complexity index is 1350. The lowest BCUT2D eigenvalue weighted by Gasteiger charge is -2.32. The molecule has 1 saturated heterocycles. The molecular formula is C25H23FN6. The highest BCUT2D eigenvalue weighted by molar-refractivity contribution is 5.91. The maximum Gasteiger partial charge on any atom is 0.167 e. The average Bonchev–Trinajstić information content (AvgIpc) is 3.19. The second kappa shape index (κ2) is 8.06. The fraction of sp³-hybridized carbons (Fsp3) is 0.240. The van der Waals surface area contributed by atoms with Crippen LogP contribution in [0.15, 0.2) is 54.7 Å². The Labute approximate surface area is 185 Å². The fourth-order valence-electron chi connectivity index (χ4n) is 4.43. The van der Waals surface area contributed by atoms with Gasteiger partial charge in [0.1, 0.15) is 23.2 Å². The van der Waals surface area contributed by atoms with Crippen molar-refractivity contribution >= 4 is 16.9 Å². The average molecular weight is 426 g/mol. The van der Waals surface area contributed by atoms with Gasteiger partial charge in [-0.2, -0.15) is 5.26 Å². The van der Waals surface area contributed by atoms with E-state index in [-0.39, 0.29) is 11.6 Å². The number of pyridine rings is 1. The van der Waals surface area contributed by atoms with Gasteiger partial charge in [0, 0.05) is 30.9 Å². The van der Waals surface area contributed by atoms with Gasteiger partial charge in [-0.25, -0.2) is 14.4 Å². The van der Waals surface area contributed by atoms with Gasteiger partial charge in [-0.1, -0.05) is 18.2 Å². The SMILES string of the molecule is Cc1ccccc1-n1c(-c2ccc(C#N)c(F)c2)nc2c(N3CCC[C@@H](N)C3)ccnc21. The van der Waals surface area contributed by atoms with Crippen molar-refractivity contribution < 1.29 is 4.39 Å². The summed E-state index contributed by atoms with van der Waals surface area (Å²) in [5, 5.41) is 9.13. The quantitative estimate of drug-likeness (QED) is 0.527. The van der Waals surface area contributed by atoms with Crippen molar-refractivity contribution in [2.45, 2.75) is 25.8 Å². The lowest BCUT2D eigenvalue weighted by atomic mass is 10.1. The summed E-state index contributed by atoms with van der Waals surface area (Å²) in [6.07, 6.45) is 3.83. The molecular weight excluding hydrogens is 403 g/mol. The molecule has 0 bridgehead atoms. The van der Waals surface area contributed by atoms with Crippen molar-refractivity contribution in [3.63, 3.8) is 0 Å². The van der Waals surface area contributed by atoms with Crippen LogP contribution < -0.4 is 10.6 Å². The first-order chi connectivity index (χ1) is 15.6. The van der Waals surface area contributed by atoms with Gasteiger partial charge in [-0.3, -0.25) is 4.57 Å². The minimum absolute atomic E-state index is 0.00780. The third-order valence-corrected chi connectivity index (χ3v) is 6.03. The molecule has 1 fully saturated rings. The molecule has 5 rings (SSSR count). The molecule has 4 aromatic rings. The molecule has 7 heteroatoms. The smallest absolute Gasteiger partial charge is 0.167 e. The topological polar surface area (TPSA) is 83.8 Å². The number of nitrogens with zero attached hydrogens (tertiary/aromatic N) is 5. The van der Waals surface area contributed by atoms with Crippen LogP contribution in [0, 0.1) is 24.1 Å². The lowest BCUT2D eigenvalue weighted by molar-refractivity contribution is 0.507. The Balaban J connectivity index is 1.78. The van der Waals surface area contributed by atoms with Crippen LogP contribution >= 0.6 is 0 Å². The second-order valence-electron chi connectivity index (χ2n) is 8.21. The highest BCUT2D eigenvalue weighted by Crippen LogP contribution is 2.34. The summed E-state index contributed by atoms with van der Waals surface area (Å²) in [6, 6.07) is 16.5. The number of piperidine rings is 1. The number of imidazole rings is 1. The van der Waals surface area contributed by atoms with Crippen LogP contribution in [0.3, 0.4) is 0 Å². The van der Waals surface area contributed by atoms with Gasteiger partial charge in [-0.05, 0) is 55.7 Å². The van der Waals surface area contributed by atoms with Crippen LogP contribution in [0.4, 0.5) is 10.1 Å². The van der Waals surface area contributed by atoms with Crippen molar-refractivity contribution in [1.82, 2.24) is 14.5 Å². The number of hydrogen-bond acceptors (Lipinski definition) is 5. The van der Waals surface area contributed by atoms with Crippen molar-refractivity contribution in [2.75, 3.05) is 18.0 Å². The molecule has 160 valence electrons. The number of para-hydroxylation sites is 1. The number of hydrogen-bond donors (Lipinski definition) is 1. The molecule has 1 aliphatic heterocycles. The third-order valence-electron chi connectivity index (χ3n) is 6.03. The number of nitrogens with two attached hydrogens (primary N) is 1. The molecule has 1 aliphatic rings. The van der Waals surface area contributed by atoms with Crippen LogP contribution in [-0.4, -0.2) is 33.7 Å². The Morgan fingerprint density at radius 3 is 2.75 bits per heavy atom. The zero-order chi connectivity index (χ0) is 22.2. The van der Waals surface area contributed by atoms with E-state index in [1.807, 2.05) is 47.9 Å². The van der Waals surface area contributed by atoms with E-state index in [0.29, 0.717) is 17.0 Å². The number of halogens is 1. The molecule has 0 spiro atoms. The molecule has 0 amide bonds. The molecule has 2 aromatic carbocycles. The van der Waals surface area contributed by atoms with Gasteiger partial charge < -0.3 is 10.6 Å². The van der Waals surface area contributed by atoms with Gasteiger partial charge >= 0.3 is 0 Å². The third kappa shape index (κ3) is 3.39. The minimum atomic E-state index is -0.566. The molecule has 0 saturated carbocycles. The first kappa shape index (κ1) is 20.2. The Morgan fingerprint density at radius 2 is 2.00 bits per heavy atom. The number of nitriles is 1. The van der Waals surface area contributed by atoms with E-state index in [9.17, 15) is 4.39 Å². The van der Waals surface area contributed by atoms with E-state index in [1.165, 1.54) is 12.1 Å². The van der Waals surface area contributed by atoms with E-state index in [1.54, 1.807) is 12.3 Å². The minimum Gasteiger partial charge on any atom is -0.368 e. The van der Waals surface area contributed by atoms with Crippen LogP contribution in [0.25, 0.3) is 28.2 Å². The lowest BCUT2D eigenvalue weighted by Crippen LogP contribution is -2.42. The molecule has 1 atom stereocenters. The number of aromatic nitrogens is 3. The standard InChI is InChI=1S/C25H23FN6/c1-16-5-2-3-7-21(16)32-24(17-8-9-18(14-27)20(26)13-17)30-23-22(10-11-29-25(23)32)31-12-4-6-19(28)15-31/h2-3,5,7-11,13,19H,4,6,12,15,28H2,1H3/t19-/m1/s1. The summed E-state index contributed by atoms with van der Waals surface area (Å²) in [7, 11) is 0. The van der Waals surface area contributed by atoms with Crippen LogP contribution in [0.2, 0.25) is 0 Å². The molecule has 0 unspecified atom stereocenters. The van der Waals surface area contributed by atoms with E-state index in [0.717, 1.165) is 48.4 Å². The van der Waals surface area contributed by atoms with Gasteiger partial charge in [0.25, 0.3) is 0 Å². The van der Waals surface area contributed by atoms with Crippen LogP contribution in [0.1, 0.15) is 24.0 Å². The molecule has 32 heavy (non-hydrogen) atoms. The molecule has 2 aromatic heterocycles. The summed E-state index contributed by atoms with van der Waals surface area (Å²) in [5.74, 6) is 0.0162. The van der Waals surface area contributed by atoms with E-state index < -0.39 is 5.82 Å². The largest absolute Gasteiger partial charge is 0.368 e. The maximum atomic E-state index is 14.5. The van der Waals surface area contributed by atoms with Gasteiger partial charge in [0.05, 0.1) is 16.9 Å². The Kier molecular flexibility index (Phi) is 5.08. The summed E-state index contributed by atoms with van der Waals surface area (Å²) in [4.78, 5) is 11.9. The zero-order valence-electron chi connectivity index (χ0n) is 17.8. The summed E-state index contributed by atoms with van der Waals surface area (Å²) < 4.78 is 16.5. The number of aryl methyl sites for hydroxylation is 1. The summed E-state index contributed by atoms with van der Waals surface area (Å²) in [5.41, 5.74) is 11.2. The predicted octanol–water partition coefficient (Wildman–Crippen LogP) is 4.33. The number of rotatable bonds is 3. The number of anilines is 1. The highest BCUT2D eigenvalue weighted by Gasteiger charge is 2.24. The maximum absolute atomic E-state index is 14.5. The Hall–Kier alpha value is -3.76.